The van der Waals surface area contributed by atoms with Gasteiger partial charge >= 0.3 is 6.09 Å². The quantitative estimate of drug-likeness (QED) is 0.851. The predicted molar refractivity (Wildman–Crippen MR) is 94.8 cm³/mol. The standard InChI is InChI=1S/C19H25N3O3/c1-18(2,3)25-17(24)22-10-8-21(9-11-22)13-4-5-14-15(12-13)19(6-7-19)20-16(14)23/h4-5,12H,6-11H2,1-3H3,(H,20,23). The van der Waals surface area contributed by atoms with Crippen molar-refractivity contribution >= 4 is 17.7 Å². The van der Waals surface area contributed by atoms with Gasteiger partial charge in [0.25, 0.3) is 5.91 Å². The molecule has 1 N–H and O–H groups in total. The zero-order valence-electron chi connectivity index (χ0n) is 15.1. The fourth-order valence-electron chi connectivity index (χ4n) is 3.67. The van der Waals surface area contributed by atoms with E-state index >= 15 is 0 Å². The van der Waals surface area contributed by atoms with Gasteiger partial charge in [0.2, 0.25) is 0 Å². The van der Waals surface area contributed by atoms with Gasteiger partial charge in [-0.3, -0.25) is 4.79 Å². The summed E-state index contributed by atoms with van der Waals surface area (Å²) in [7, 11) is 0. The minimum Gasteiger partial charge on any atom is -0.444 e. The summed E-state index contributed by atoms with van der Waals surface area (Å²) in [6, 6.07) is 6.11. The molecular weight excluding hydrogens is 318 g/mol. The molecule has 1 saturated carbocycles. The van der Waals surface area contributed by atoms with E-state index in [1.165, 1.54) is 0 Å². The smallest absolute Gasteiger partial charge is 0.410 e. The van der Waals surface area contributed by atoms with E-state index in [1.807, 2.05) is 32.9 Å². The molecule has 1 aliphatic carbocycles. The Bertz CT molecular complexity index is 726. The van der Waals surface area contributed by atoms with Crippen molar-refractivity contribution < 1.29 is 14.3 Å². The minimum atomic E-state index is -0.466. The highest BCUT2D eigenvalue weighted by Gasteiger charge is 2.52. The fourth-order valence-corrected chi connectivity index (χ4v) is 3.67. The van der Waals surface area contributed by atoms with Crippen molar-refractivity contribution in [1.29, 1.82) is 0 Å². The second-order valence-corrected chi connectivity index (χ2v) is 8.22. The highest BCUT2D eigenvalue weighted by atomic mass is 16.6. The fraction of sp³-hybridized carbons (Fsp3) is 0.579. The molecule has 25 heavy (non-hydrogen) atoms. The molecule has 2 heterocycles. The molecule has 6 nitrogen and oxygen atoms in total. The normalized spacial score (nSPS) is 21.2. The van der Waals surface area contributed by atoms with Crippen LogP contribution < -0.4 is 10.2 Å². The number of piperazine rings is 1. The Hall–Kier alpha value is -2.24. The lowest BCUT2D eigenvalue weighted by atomic mass is 10.0. The number of anilines is 1. The van der Waals surface area contributed by atoms with Gasteiger partial charge in [-0.2, -0.15) is 0 Å². The largest absolute Gasteiger partial charge is 0.444 e. The molecule has 6 heteroatoms. The molecule has 134 valence electrons. The van der Waals surface area contributed by atoms with Gasteiger partial charge < -0.3 is 19.9 Å². The molecule has 4 rings (SSSR count). The van der Waals surface area contributed by atoms with Crippen molar-refractivity contribution in [2.45, 2.75) is 44.8 Å². The van der Waals surface area contributed by atoms with Gasteiger partial charge in [-0.15, -0.1) is 0 Å². The molecule has 0 bridgehead atoms. The highest BCUT2D eigenvalue weighted by molar-refractivity contribution is 6.01. The first-order valence-electron chi connectivity index (χ1n) is 8.97. The van der Waals surface area contributed by atoms with Crippen molar-refractivity contribution in [3.05, 3.63) is 29.3 Å². The van der Waals surface area contributed by atoms with Crippen molar-refractivity contribution in [2.75, 3.05) is 31.1 Å². The Morgan fingerprint density at radius 1 is 1.16 bits per heavy atom. The summed E-state index contributed by atoms with van der Waals surface area (Å²) in [5.41, 5.74) is 2.52. The maximum absolute atomic E-state index is 12.2. The van der Waals surface area contributed by atoms with Gasteiger partial charge in [0.1, 0.15) is 5.60 Å². The molecule has 0 atom stereocenters. The van der Waals surface area contributed by atoms with Crippen molar-refractivity contribution in [2.24, 2.45) is 0 Å². The van der Waals surface area contributed by atoms with Crippen LogP contribution in [0.4, 0.5) is 10.5 Å². The number of ether oxygens (including phenoxy) is 1. The van der Waals surface area contributed by atoms with E-state index in [0.717, 1.165) is 42.7 Å². The summed E-state index contributed by atoms with van der Waals surface area (Å²) in [6.07, 6.45) is 1.82. The Balaban J connectivity index is 1.44. The van der Waals surface area contributed by atoms with Crippen LogP contribution in [0.15, 0.2) is 18.2 Å². The number of amides is 2. The van der Waals surface area contributed by atoms with Crippen molar-refractivity contribution in [3.8, 4) is 0 Å². The van der Waals surface area contributed by atoms with Crippen LogP contribution in [0.5, 0.6) is 0 Å². The van der Waals surface area contributed by atoms with Gasteiger partial charge in [0.05, 0.1) is 5.54 Å². The number of benzene rings is 1. The predicted octanol–water partition coefficient (Wildman–Crippen LogP) is 2.48. The molecule has 0 unspecified atom stereocenters. The minimum absolute atomic E-state index is 0.0498. The SMILES string of the molecule is CC(C)(C)OC(=O)N1CCN(c2ccc3c(c2)C2(CC2)NC3=O)CC1. The first kappa shape index (κ1) is 16.2. The summed E-state index contributed by atoms with van der Waals surface area (Å²) >= 11 is 0. The van der Waals surface area contributed by atoms with E-state index < -0.39 is 5.60 Å². The molecule has 1 aromatic carbocycles. The molecule has 3 aliphatic rings. The second kappa shape index (κ2) is 5.38. The molecular formula is C19H25N3O3. The Kier molecular flexibility index (Phi) is 3.49. The van der Waals surface area contributed by atoms with Crippen LogP contribution in [0.1, 0.15) is 49.5 Å². The molecule has 0 radical (unpaired) electrons. The van der Waals surface area contributed by atoms with Gasteiger partial charge in [-0.25, -0.2) is 4.79 Å². The van der Waals surface area contributed by atoms with Gasteiger partial charge in [-0.1, -0.05) is 0 Å². The Labute approximate surface area is 148 Å². The number of nitrogens with zero attached hydrogens (tertiary/aromatic N) is 2. The van der Waals surface area contributed by atoms with Crippen molar-refractivity contribution in [3.63, 3.8) is 0 Å². The summed E-state index contributed by atoms with van der Waals surface area (Å²) < 4.78 is 5.45. The van der Waals surface area contributed by atoms with E-state index in [4.69, 9.17) is 4.74 Å². The maximum atomic E-state index is 12.2. The lowest BCUT2D eigenvalue weighted by molar-refractivity contribution is 0.0240. The van der Waals surface area contributed by atoms with Crippen LogP contribution in [-0.4, -0.2) is 48.7 Å². The van der Waals surface area contributed by atoms with Crippen LogP contribution in [0.25, 0.3) is 0 Å². The van der Waals surface area contributed by atoms with Crippen LogP contribution in [-0.2, 0) is 10.3 Å². The molecule has 1 saturated heterocycles. The molecule has 1 spiro atoms. The third kappa shape index (κ3) is 2.94. The number of hydrogen-bond donors (Lipinski definition) is 1. The van der Waals surface area contributed by atoms with Crippen LogP contribution in [0, 0.1) is 0 Å². The molecule has 2 fully saturated rings. The topological polar surface area (TPSA) is 61.9 Å². The van der Waals surface area contributed by atoms with E-state index in [9.17, 15) is 9.59 Å². The lowest BCUT2D eigenvalue weighted by Crippen LogP contribution is -2.50. The average molecular weight is 343 g/mol. The summed E-state index contributed by atoms with van der Waals surface area (Å²) in [5.74, 6) is 0.0498. The third-order valence-corrected chi connectivity index (χ3v) is 5.16. The van der Waals surface area contributed by atoms with Crippen LogP contribution in [0.3, 0.4) is 0 Å². The summed E-state index contributed by atoms with van der Waals surface area (Å²) in [6.45, 7) is 8.49. The zero-order chi connectivity index (χ0) is 17.8. The number of hydrogen-bond acceptors (Lipinski definition) is 4. The van der Waals surface area contributed by atoms with Gasteiger partial charge in [0.15, 0.2) is 0 Å². The molecule has 0 aromatic heterocycles. The molecule has 2 aliphatic heterocycles. The van der Waals surface area contributed by atoms with Crippen LogP contribution >= 0.6 is 0 Å². The molecule has 1 aromatic rings. The molecule has 2 amide bonds. The van der Waals surface area contributed by atoms with Gasteiger partial charge in [-0.05, 0) is 57.4 Å². The zero-order valence-corrected chi connectivity index (χ0v) is 15.1. The van der Waals surface area contributed by atoms with E-state index in [0.29, 0.717) is 13.1 Å². The summed E-state index contributed by atoms with van der Waals surface area (Å²) in [4.78, 5) is 28.3. The number of carbonyl (C=O) groups is 2. The van der Waals surface area contributed by atoms with Crippen LogP contribution in [0.2, 0.25) is 0 Å². The maximum Gasteiger partial charge on any atom is 0.410 e. The van der Waals surface area contributed by atoms with E-state index in [2.05, 4.69) is 16.3 Å². The first-order chi connectivity index (χ1) is 11.8. The lowest BCUT2D eigenvalue weighted by Gasteiger charge is -2.37. The van der Waals surface area contributed by atoms with Gasteiger partial charge in [0, 0.05) is 37.4 Å². The number of carbonyl (C=O) groups excluding carboxylic acids is 2. The third-order valence-electron chi connectivity index (χ3n) is 5.16. The Morgan fingerprint density at radius 3 is 2.44 bits per heavy atom. The number of rotatable bonds is 1. The number of fused-ring (bicyclic) bond motifs is 2. The summed E-state index contributed by atoms with van der Waals surface area (Å²) in [5, 5.41) is 3.12. The number of nitrogens with one attached hydrogen (secondary N) is 1. The van der Waals surface area contributed by atoms with E-state index in [-0.39, 0.29) is 17.5 Å². The van der Waals surface area contributed by atoms with E-state index in [1.54, 1.807) is 4.90 Å². The average Bonchev–Trinajstić information content (AvgIpc) is 3.27. The second-order valence-electron chi connectivity index (χ2n) is 8.22. The monoisotopic (exact) mass is 343 g/mol. The highest BCUT2D eigenvalue weighted by Crippen LogP contribution is 2.51. The first-order valence-corrected chi connectivity index (χ1v) is 8.97. The van der Waals surface area contributed by atoms with Crippen molar-refractivity contribution in [1.82, 2.24) is 10.2 Å². The Morgan fingerprint density at radius 2 is 1.84 bits per heavy atom.